The Balaban J connectivity index is 1.81. The molecule has 1 fully saturated rings. The fourth-order valence-corrected chi connectivity index (χ4v) is 2.98. The van der Waals surface area contributed by atoms with Gasteiger partial charge in [0.05, 0.1) is 5.69 Å². The second-order valence-electron chi connectivity index (χ2n) is 5.44. The van der Waals surface area contributed by atoms with Gasteiger partial charge in [0.25, 0.3) is 0 Å². The van der Waals surface area contributed by atoms with E-state index in [0.29, 0.717) is 12.4 Å². The molecule has 3 heterocycles. The van der Waals surface area contributed by atoms with Crippen molar-refractivity contribution in [2.24, 2.45) is 0 Å². The highest BCUT2D eigenvalue weighted by Gasteiger charge is 2.27. The molecule has 120 valence electrons. The van der Waals surface area contributed by atoms with Gasteiger partial charge in [-0.2, -0.15) is 0 Å². The maximum absolute atomic E-state index is 11.9. The molecule has 1 unspecified atom stereocenters. The summed E-state index contributed by atoms with van der Waals surface area (Å²) in [5.41, 5.74) is 0.866. The third-order valence-corrected chi connectivity index (χ3v) is 4.14. The molecule has 0 bridgehead atoms. The van der Waals surface area contributed by atoms with Gasteiger partial charge in [0.15, 0.2) is 5.82 Å². The van der Waals surface area contributed by atoms with E-state index in [1.54, 1.807) is 23.5 Å². The van der Waals surface area contributed by atoms with Crippen LogP contribution < -0.4 is 5.32 Å². The average molecular weight is 332 g/mol. The molecule has 0 saturated carbocycles. The summed E-state index contributed by atoms with van der Waals surface area (Å²) in [6.45, 7) is 1.38. The van der Waals surface area contributed by atoms with Gasteiger partial charge < -0.3 is 10.2 Å². The van der Waals surface area contributed by atoms with Gasteiger partial charge in [-0.3, -0.25) is 9.78 Å². The van der Waals surface area contributed by atoms with E-state index in [0.717, 1.165) is 30.9 Å². The summed E-state index contributed by atoms with van der Waals surface area (Å²) in [6.07, 6.45) is 6.97. The predicted octanol–water partition coefficient (Wildman–Crippen LogP) is 2.56. The average Bonchev–Trinajstić information content (AvgIpc) is 2.62. The van der Waals surface area contributed by atoms with Crippen molar-refractivity contribution < 1.29 is 4.79 Å². The van der Waals surface area contributed by atoms with E-state index in [9.17, 15) is 4.79 Å². The Bertz CT molecular complexity index is 667. The largest absolute Gasteiger partial charge is 0.341 e. The van der Waals surface area contributed by atoms with Gasteiger partial charge in [0, 0.05) is 37.6 Å². The van der Waals surface area contributed by atoms with Gasteiger partial charge in [-0.25, -0.2) is 9.97 Å². The quantitative estimate of drug-likeness (QED) is 0.872. The van der Waals surface area contributed by atoms with E-state index in [1.165, 1.54) is 0 Å². The summed E-state index contributed by atoms with van der Waals surface area (Å²) < 4.78 is 0. The Hall–Kier alpha value is -2.21. The number of halogens is 1. The van der Waals surface area contributed by atoms with Gasteiger partial charge >= 0.3 is 0 Å². The van der Waals surface area contributed by atoms with Crippen LogP contribution in [0.25, 0.3) is 0 Å². The second kappa shape index (κ2) is 7.37. The molecule has 6 nitrogen and oxygen atoms in total. The van der Waals surface area contributed by atoms with E-state index in [1.807, 2.05) is 18.2 Å². The van der Waals surface area contributed by atoms with Crippen LogP contribution in [-0.4, -0.2) is 44.7 Å². The molecule has 1 aliphatic heterocycles. The second-order valence-corrected chi connectivity index (χ2v) is 5.71. The number of hydrogen-bond donors (Lipinski definition) is 1. The first kappa shape index (κ1) is 15.7. The lowest BCUT2D eigenvalue weighted by molar-refractivity contribution is -0.129. The van der Waals surface area contributed by atoms with Crippen LogP contribution in [0.1, 0.15) is 24.5 Å². The molecule has 2 aromatic heterocycles. The van der Waals surface area contributed by atoms with Crippen molar-refractivity contribution >= 4 is 29.1 Å². The van der Waals surface area contributed by atoms with Gasteiger partial charge in [-0.15, -0.1) is 11.6 Å². The lowest BCUT2D eigenvalue weighted by Gasteiger charge is -2.32. The number of likely N-dealkylation sites (tertiary alicyclic amines) is 1. The molecule has 0 aromatic carbocycles. The molecule has 0 radical (unpaired) electrons. The smallest absolute Gasteiger partial charge is 0.237 e. The van der Waals surface area contributed by atoms with Crippen molar-refractivity contribution in [1.82, 2.24) is 19.9 Å². The Labute approximate surface area is 139 Å². The molecule has 3 rings (SSSR count). The lowest BCUT2D eigenvalue weighted by atomic mass is 9.94. The molecule has 1 N–H and O–H groups in total. The number of nitrogens with one attached hydrogen (secondary N) is 1. The molecule has 2 aromatic rings. The number of carbonyl (C=O) groups excluding carboxylic acids is 1. The van der Waals surface area contributed by atoms with E-state index in [4.69, 9.17) is 11.6 Å². The summed E-state index contributed by atoms with van der Waals surface area (Å²) in [4.78, 5) is 26.8. The van der Waals surface area contributed by atoms with Crippen LogP contribution in [0, 0.1) is 0 Å². The minimum Gasteiger partial charge on any atom is -0.341 e. The molecular formula is C16H18ClN5O. The number of nitrogens with zero attached hydrogens (tertiary/aromatic N) is 4. The van der Waals surface area contributed by atoms with Crippen LogP contribution >= 0.6 is 11.6 Å². The van der Waals surface area contributed by atoms with Crippen LogP contribution in [-0.2, 0) is 4.79 Å². The van der Waals surface area contributed by atoms with Crippen LogP contribution in [0.5, 0.6) is 0 Å². The number of anilines is 2. The predicted molar refractivity (Wildman–Crippen MR) is 88.8 cm³/mol. The third kappa shape index (κ3) is 3.76. The van der Waals surface area contributed by atoms with Crippen molar-refractivity contribution in [3.63, 3.8) is 0 Å². The Kier molecular flexibility index (Phi) is 5.02. The van der Waals surface area contributed by atoms with Crippen molar-refractivity contribution in [3.05, 3.63) is 42.5 Å². The fraction of sp³-hybridized carbons (Fsp3) is 0.375. The van der Waals surface area contributed by atoms with Gasteiger partial charge in [-0.1, -0.05) is 6.07 Å². The topological polar surface area (TPSA) is 71.0 Å². The first-order valence-corrected chi connectivity index (χ1v) is 8.14. The Morgan fingerprint density at radius 2 is 2.13 bits per heavy atom. The maximum atomic E-state index is 11.9. The Morgan fingerprint density at radius 3 is 2.91 bits per heavy atom. The van der Waals surface area contributed by atoms with Crippen molar-refractivity contribution in [1.29, 1.82) is 0 Å². The number of alkyl halides is 1. The Morgan fingerprint density at radius 1 is 1.26 bits per heavy atom. The summed E-state index contributed by atoms with van der Waals surface area (Å²) in [6, 6.07) is 5.65. The van der Waals surface area contributed by atoms with Crippen LogP contribution in [0.3, 0.4) is 0 Å². The molecular weight excluding hydrogens is 314 g/mol. The zero-order valence-corrected chi connectivity index (χ0v) is 13.4. The molecule has 1 aliphatic rings. The van der Waals surface area contributed by atoms with E-state index >= 15 is 0 Å². The number of piperidine rings is 1. The van der Waals surface area contributed by atoms with Crippen LogP contribution in [0.4, 0.5) is 11.6 Å². The van der Waals surface area contributed by atoms with Gasteiger partial charge in [0.1, 0.15) is 11.7 Å². The summed E-state index contributed by atoms with van der Waals surface area (Å²) in [5, 5.41) is 3.21. The minimum atomic E-state index is -0.0282. The first-order chi connectivity index (χ1) is 11.3. The number of rotatable bonds is 4. The molecule has 1 saturated heterocycles. The van der Waals surface area contributed by atoms with Crippen LogP contribution in [0.15, 0.2) is 36.8 Å². The molecule has 23 heavy (non-hydrogen) atoms. The zero-order valence-electron chi connectivity index (χ0n) is 12.7. The number of pyridine rings is 1. The fourth-order valence-electron chi connectivity index (χ4n) is 2.81. The normalized spacial score (nSPS) is 17.8. The summed E-state index contributed by atoms with van der Waals surface area (Å²) >= 11 is 5.68. The standard InChI is InChI=1S/C16H18ClN5O/c17-10-14(23)22-9-3-4-12(11-22)15-16(20-8-7-19-15)21-13-5-1-2-6-18-13/h1-2,5-8,12H,3-4,9-11H2,(H,18,20,21). The van der Waals surface area contributed by atoms with Crippen molar-refractivity contribution in [2.45, 2.75) is 18.8 Å². The van der Waals surface area contributed by atoms with E-state index in [-0.39, 0.29) is 17.7 Å². The molecule has 1 atom stereocenters. The third-order valence-electron chi connectivity index (χ3n) is 3.91. The number of aromatic nitrogens is 3. The zero-order chi connectivity index (χ0) is 16.1. The molecule has 1 amide bonds. The highest BCUT2D eigenvalue weighted by Crippen LogP contribution is 2.30. The highest BCUT2D eigenvalue weighted by molar-refractivity contribution is 6.27. The summed E-state index contributed by atoms with van der Waals surface area (Å²) in [7, 11) is 0. The number of carbonyl (C=O) groups is 1. The SMILES string of the molecule is O=C(CCl)N1CCCC(c2nccnc2Nc2ccccn2)C1. The van der Waals surface area contributed by atoms with Crippen molar-refractivity contribution in [2.75, 3.05) is 24.3 Å². The molecule has 0 aliphatic carbocycles. The number of hydrogen-bond acceptors (Lipinski definition) is 5. The van der Waals surface area contributed by atoms with E-state index < -0.39 is 0 Å². The monoisotopic (exact) mass is 331 g/mol. The molecule has 7 heteroatoms. The highest BCUT2D eigenvalue weighted by atomic mass is 35.5. The van der Waals surface area contributed by atoms with Crippen molar-refractivity contribution in [3.8, 4) is 0 Å². The maximum Gasteiger partial charge on any atom is 0.237 e. The molecule has 0 spiro atoms. The first-order valence-electron chi connectivity index (χ1n) is 7.60. The number of amides is 1. The van der Waals surface area contributed by atoms with E-state index in [2.05, 4.69) is 20.3 Å². The lowest BCUT2D eigenvalue weighted by Crippen LogP contribution is -2.40. The van der Waals surface area contributed by atoms with Gasteiger partial charge in [-0.05, 0) is 25.0 Å². The summed E-state index contributed by atoms with van der Waals surface area (Å²) in [5.74, 6) is 1.55. The van der Waals surface area contributed by atoms with Gasteiger partial charge in [0.2, 0.25) is 5.91 Å². The van der Waals surface area contributed by atoms with Crippen LogP contribution in [0.2, 0.25) is 0 Å². The minimum absolute atomic E-state index is 0.0201.